The quantitative estimate of drug-likeness (QED) is 0.854. The molecule has 1 aliphatic rings. The second kappa shape index (κ2) is 4.96. The van der Waals surface area contributed by atoms with Crippen molar-refractivity contribution in [3.63, 3.8) is 0 Å². The average molecular weight is 236 g/mol. The van der Waals surface area contributed by atoms with Crippen molar-refractivity contribution in [2.24, 2.45) is 5.92 Å². The second-order valence-electron chi connectivity index (χ2n) is 4.76. The van der Waals surface area contributed by atoms with Crippen LogP contribution < -0.4 is 9.47 Å². The first kappa shape index (κ1) is 12.2. The minimum absolute atomic E-state index is 0.387. The van der Waals surface area contributed by atoms with Gasteiger partial charge in [0.25, 0.3) is 0 Å². The van der Waals surface area contributed by atoms with Gasteiger partial charge in [-0.2, -0.15) is 0 Å². The summed E-state index contributed by atoms with van der Waals surface area (Å²) in [6, 6.07) is 3.81. The Kier molecular flexibility index (Phi) is 3.57. The molecule has 1 atom stereocenters. The number of hydrogen-bond donors (Lipinski definition) is 1. The van der Waals surface area contributed by atoms with Crippen LogP contribution >= 0.6 is 0 Å². The van der Waals surface area contributed by atoms with Crippen molar-refractivity contribution in [1.82, 2.24) is 0 Å². The Morgan fingerprint density at radius 3 is 2.35 bits per heavy atom. The standard InChI is InChI=1S/C14H20O3/c1-9-6-13(16-2)14(17-3)8-11(9)12(15)7-10-4-5-10/h6,8,10,12,15H,4-5,7H2,1-3H3/t12-/m1/s1. The summed E-state index contributed by atoms with van der Waals surface area (Å²) in [5, 5.41) is 10.2. The first-order valence-corrected chi connectivity index (χ1v) is 6.06. The van der Waals surface area contributed by atoms with Gasteiger partial charge in [0, 0.05) is 0 Å². The maximum Gasteiger partial charge on any atom is 0.161 e. The molecule has 3 heteroatoms. The molecule has 1 saturated carbocycles. The van der Waals surface area contributed by atoms with E-state index in [2.05, 4.69) is 0 Å². The molecule has 1 aromatic carbocycles. The number of aryl methyl sites for hydroxylation is 1. The Balaban J connectivity index is 2.25. The summed E-state index contributed by atoms with van der Waals surface area (Å²) in [5.41, 5.74) is 2.00. The number of rotatable bonds is 5. The molecule has 1 aromatic rings. The molecule has 3 nitrogen and oxygen atoms in total. The lowest BCUT2D eigenvalue weighted by Gasteiger charge is -2.16. The number of ether oxygens (including phenoxy) is 2. The largest absolute Gasteiger partial charge is 0.493 e. The van der Waals surface area contributed by atoms with Crippen molar-refractivity contribution in [3.05, 3.63) is 23.3 Å². The van der Waals surface area contributed by atoms with E-state index in [4.69, 9.17) is 9.47 Å². The van der Waals surface area contributed by atoms with Crippen LogP contribution in [0, 0.1) is 12.8 Å². The van der Waals surface area contributed by atoms with E-state index in [-0.39, 0.29) is 6.10 Å². The van der Waals surface area contributed by atoms with Crippen molar-refractivity contribution >= 4 is 0 Å². The van der Waals surface area contributed by atoms with Crippen LogP contribution in [0.15, 0.2) is 12.1 Å². The van der Waals surface area contributed by atoms with E-state index in [1.165, 1.54) is 12.8 Å². The summed E-state index contributed by atoms with van der Waals surface area (Å²) >= 11 is 0. The summed E-state index contributed by atoms with van der Waals surface area (Å²) in [5.74, 6) is 2.10. The maximum atomic E-state index is 10.2. The summed E-state index contributed by atoms with van der Waals surface area (Å²) in [4.78, 5) is 0. The van der Waals surface area contributed by atoms with Gasteiger partial charge in [0.15, 0.2) is 11.5 Å². The summed E-state index contributed by atoms with van der Waals surface area (Å²) < 4.78 is 10.5. The van der Waals surface area contributed by atoms with Crippen molar-refractivity contribution in [3.8, 4) is 11.5 Å². The van der Waals surface area contributed by atoms with E-state index in [1.54, 1.807) is 14.2 Å². The Bertz CT molecular complexity index is 397. The van der Waals surface area contributed by atoms with Crippen LogP contribution in [0.3, 0.4) is 0 Å². The van der Waals surface area contributed by atoms with Gasteiger partial charge in [-0.3, -0.25) is 0 Å². The molecular weight excluding hydrogens is 216 g/mol. The third kappa shape index (κ3) is 2.72. The number of hydrogen-bond acceptors (Lipinski definition) is 3. The average Bonchev–Trinajstić information content (AvgIpc) is 3.12. The lowest BCUT2D eigenvalue weighted by molar-refractivity contribution is 0.159. The van der Waals surface area contributed by atoms with Crippen LogP contribution in [0.25, 0.3) is 0 Å². The predicted octanol–water partition coefficient (Wildman–Crippen LogP) is 2.85. The fraction of sp³-hybridized carbons (Fsp3) is 0.571. The molecule has 94 valence electrons. The number of methoxy groups -OCH3 is 2. The van der Waals surface area contributed by atoms with Crippen molar-refractivity contribution in [1.29, 1.82) is 0 Å². The predicted molar refractivity (Wildman–Crippen MR) is 66.6 cm³/mol. The highest BCUT2D eigenvalue weighted by atomic mass is 16.5. The Morgan fingerprint density at radius 1 is 1.24 bits per heavy atom. The van der Waals surface area contributed by atoms with E-state index < -0.39 is 0 Å². The summed E-state index contributed by atoms with van der Waals surface area (Å²) in [7, 11) is 3.24. The molecule has 0 bridgehead atoms. The van der Waals surface area contributed by atoms with Crippen LogP contribution in [0.5, 0.6) is 11.5 Å². The Hall–Kier alpha value is -1.22. The minimum Gasteiger partial charge on any atom is -0.493 e. The number of aliphatic hydroxyl groups is 1. The topological polar surface area (TPSA) is 38.7 Å². The minimum atomic E-state index is -0.387. The SMILES string of the molecule is COc1cc(C)c([C@H](O)CC2CC2)cc1OC. The molecule has 1 aliphatic carbocycles. The van der Waals surface area contributed by atoms with Gasteiger partial charge in [-0.15, -0.1) is 0 Å². The number of benzene rings is 1. The highest BCUT2D eigenvalue weighted by molar-refractivity contribution is 5.47. The Labute approximate surface area is 102 Å². The molecule has 0 aliphatic heterocycles. The van der Waals surface area contributed by atoms with Crippen LogP contribution in [0.4, 0.5) is 0 Å². The third-order valence-corrected chi connectivity index (χ3v) is 3.38. The number of aliphatic hydroxyl groups excluding tert-OH is 1. The van der Waals surface area contributed by atoms with Gasteiger partial charge in [0.2, 0.25) is 0 Å². The zero-order valence-corrected chi connectivity index (χ0v) is 10.7. The molecule has 0 amide bonds. The zero-order valence-electron chi connectivity index (χ0n) is 10.7. The van der Waals surface area contributed by atoms with Gasteiger partial charge in [-0.1, -0.05) is 12.8 Å². The molecule has 0 heterocycles. The van der Waals surface area contributed by atoms with Crippen molar-refractivity contribution in [2.45, 2.75) is 32.3 Å². The van der Waals surface area contributed by atoms with Gasteiger partial charge >= 0.3 is 0 Å². The van der Waals surface area contributed by atoms with Crippen molar-refractivity contribution < 1.29 is 14.6 Å². The zero-order chi connectivity index (χ0) is 12.4. The third-order valence-electron chi connectivity index (χ3n) is 3.38. The van der Waals surface area contributed by atoms with Crippen molar-refractivity contribution in [2.75, 3.05) is 14.2 Å². The molecule has 0 saturated heterocycles. The highest BCUT2D eigenvalue weighted by Gasteiger charge is 2.26. The van der Waals surface area contributed by atoms with E-state index in [9.17, 15) is 5.11 Å². The second-order valence-corrected chi connectivity index (χ2v) is 4.76. The van der Waals surface area contributed by atoms with Gasteiger partial charge in [-0.25, -0.2) is 0 Å². The lowest BCUT2D eigenvalue weighted by atomic mass is 9.98. The molecule has 0 spiro atoms. The first-order valence-electron chi connectivity index (χ1n) is 6.06. The van der Waals surface area contributed by atoms with Gasteiger partial charge in [-0.05, 0) is 42.5 Å². The molecule has 1 N–H and O–H groups in total. The van der Waals surface area contributed by atoms with E-state index in [1.807, 2.05) is 19.1 Å². The van der Waals surface area contributed by atoms with Crippen LogP contribution in [-0.4, -0.2) is 19.3 Å². The molecule has 0 unspecified atom stereocenters. The fourth-order valence-electron chi connectivity index (χ4n) is 2.15. The lowest BCUT2D eigenvalue weighted by Crippen LogP contribution is -2.03. The smallest absolute Gasteiger partial charge is 0.161 e. The maximum absolute atomic E-state index is 10.2. The summed E-state index contributed by atoms with van der Waals surface area (Å²) in [6.07, 6.45) is 2.98. The highest BCUT2D eigenvalue weighted by Crippen LogP contribution is 2.40. The van der Waals surface area contributed by atoms with E-state index >= 15 is 0 Å². The van der Waals surface area contributed by atoms with Crippen LogP contribution in [0.2, 0.25) is 0 Å². The molecular formula is C14H20O3. The molecule has 0 aromatic heterocycles. The first-order chi connectivity index (χ1) is 8.15. The van der Waals surface area contributed by atoms with E-state index in [0.29, 0.717) is 17.4 Å². The Morgan fingerprint density at radius 2 is 1.82 bits per heavy atom. The molecule has 2 rings (SSSR count). The van der Waals surface area contributed by atoms with Gasteiger partial charge in [0.05, 0.1) is 20.3 Å². The molecule has 0 radical (unpaired) electrons. The fourth-order valence-corrected chi connectivity index (χ4v) is 2.15. The van der Waals surface area contributed by atoms with Crippen LogP contribution in [-0.2, 0) is 0 Å². The normalized spacial score (nSPS) is 16.7. The van der Waals surface area contributed by atoms with Gasteiger partial charge < -0.3 is 14.6 Å². The van der Waals surface area contributed by atoms with E-state index in [0.717, 1.165) is 17.5 Å². The molecule has 1 fully saturated rings. The van der Waals surface area contributed by atoms with Gasteiger partial charge in [0.1, 0.15) is 0 Å². The molecule has 17 heavy (non-hydrogen) atoms. The van der Waals surface area contributed by atoms with Crippen LogP contribution in [0.1, 0.15) is 36.5 Å². The monoisotopic (exact) mass is 236 g/mol. The summed E-state index contributed by atoms with van der Waals surface area (Å²) in [6.45, 7) is 1.99.